The number of alkyl halides is 3. The maximum absolute atomic E-state index is 12.4. The Kier molecular flexibility index (Phi) is 7.80. The number of halogens is 3. The summed E-state index contributed by atoms with van der Waals surface area (Å²) in [6.07, 6.45) is -5.09. The number of rotatable bonds is 7. The van der Waals surface area contributed by atoms with Crippen LogP contribution in [0.4, 0.5) is 13.2 Å². The van der Waals surface area contributed by atoms with E-state index in [-0.39, 0.29) is 13.0 Å². The third-order valence-corrected chi connectivity index (χ3v) is 4.14. The minimum atomic E-state index is -5.89. The molecule has 0 radical (unpaired) electrons. The van der Waals surface area contributed by atoms with Crippen LogP contribution in [-0.4, -0.2) is 63.7 Å². The van der Waals surface area contributed by atoms with E-state index >= 15 is 0 Å². The highest BCUT2D eigenvalue weighted by atomic mass is 32.2. The maximum atomic E-state index is 12.4. The Morgan fingerprint density at radius 3 is 2.19 bits per heavy atom. The van der Waals surface area contributed by atoms with Crippen LogP contribution in [0, 0.1) is 0 Å². The topological polar surface area (TPSA) is 114 Å². The number of hydrogen-bond acceptors (Lipinski definition) is 9. The van der Waals surface area contributed by atoms with Crippen LogP contribution in [0.1, 0.15) is 27.2 Å². The van der Waals surface area contributed by atoms with Crippen molar-refractivity contribution >= 4 is 22.1 Å². The molecule has 0 spiro atoms. The summed E-state index contributed by atoms with van der Waals surface area (Å²) in [6, 6.07) is 0. The minimum absolute atomic E-state index is 0.0755. The molecule has 4 atom stereocenters. The molecule has 0 saturated carbocycles. The molecule has 0 aromatic carbocycles. The van der Waals surface area contributed by atoms with Gasteiger partial charge in [-0.3, -0.25) is 13.8 Å². The van der Waals surface area contributed by atoms with Crippen molar-refractivity contribution in [1.29, 1.82) is 0 Å². The SMILES string of the molecule is CCO[C@@H]1C[C@@H](OC(C)=O)[C@H](OC(C)=O)[C@@H](COS(=O)(=O)C(F)(F)F)O1. The van der Waals surface area contributed by atoms with Crippen molar-refractivity contribution in [3.63, 3.8) is 0 Å². The van der Waals surface area contributed by atoms with Crippen molar-refractivity contribution in [1.82, 2.24) is 0 Å². The zero-order valence-electron chi connectivity index (χ0n) is 14.1. The molecule has 0 unspecified atom stereocenters. The largest absolute Gasteiger partial charge is 0.523 e. The van der Waals surface area contributed by atoms with E-state index in [1.807, 2.05) is 0 Å². The fraction of sp³-hybridized carbons (Fsp3) is 0.846. The van der Waals surface area contributed by atoms with Crippen molar-refractivity contribution in [2.24, 2.45) is 0 Å². The Balaban J connectivity index is 3.02. The molecule has 0 N–H and O–H groups in total. The predicted octanol–water partition coefficient (Wildman–Crippen LogP) is 0.867. The fourth-order valence-corrected chi connectivity index (χ4v) is 2.66. The smallest absolute Gasteiger partial charge is 0.458 e. The molecule has 1 aliphatic heterocycles. The molecule has 26 heavy (non-hydrogen) atoms. The minimum Gasteiger partial charge on any atom is -0.458 e. The summed E-state index contributed by atoms with van der Waals surface area (Å²) in [5.41, 5.74) is -5.63. The van der Waals surface area contributed by atoms with E-state index < -0.39 is 58.8 Å². The van der Waals surface area contributed by atoms with Crippen LogP contribution in [-0.2, 0) is 42.8 Å². The summed E-state index contributed by atoms with van der Waals surface area (Å²) in [4.78, 5) is 22.5. The normalized spacial score (nSPS) is 27.0. The predicted molar refractivity (Wildman–Crippen MR) is 76.9 cm³/mol. The zero-order valence-corrected chi connectivity index (χ0v) is 15.0. The second kappa shape index (κ2) is 8.97. The molecular formula is C13H19F3O9S. The van der Waals surface area contributed by atoms with Crippen molar-refractivity contribution in [3.05, 3.63) is 0 Å². The van der Waals surface area contributed by atoms with Crippen LogP contribution in [0.15, 0.2) is 0 Å². The number of esters is 2. The first-order chi connectivity index (χ1) is 11.9. The molecular weight excluding hydrogens is 389 g/mol. The number of ether oxygens (including phenoxy) is 4. The fourth-order valence-electron chi connectivity index (χ4n) is 2.21. The van der Waals surface area contributed by atoms with Crippen molar-refractivity contribution in [3.8, 4) is 0 Å². The second-order valence-electron chi connectivity index (χ2n) is 5.20. The van der Waals surface area contributed by atoms with Gasteiger partial charge in [0, 0.05) is 26.9 Å². The van der Waals surface area contributed by atoms with Gasteiger partial charge in [-0.05, 0) is 6.92 Å². The Labute approximate surface area is 147 Å². The van der Waals surface area contributed by atoms with Gasteiger partial charge in [0.05, 0.1) is 6.61 Å². The van der Waals surface area contributed by atoms with Gasteiger partial charge in [0.15, 0.2) is 12.4 Å². The van der Waals surface area contributed by atoms with Gasteiger partial charge in [0.1, 0.15) is 12.2 Å². The first-order valence-electron chi connectivity index (χ1n) is 7.44. The van der Waals surface area contributed by atoms with Gasteiger partial charge in [0.2, 0.25) is 0 Å². The summed E-state index contributed by atoms with van der Waals surface area (Å²) in [5, 5.41) is 0. The molecule has 1 rings (SSSR count). The van der Waals surface area contributed by atoms with E-state index in [1.165, 1.54) is 0 Å². The average Bonchev–Trinajstić information content (AvgIpc) is 2.46. The molecule has 1 heterocycles. The van der Waals surface area contributed by atoms with Gasteiger partial charge in [-0.15, -0.1) is 0 Å². The molecule has 0 amide bonds. The quantitative estimate of drug-likeness (QED) is 0.344. The van der Waals surface area contributed by atoms with E-state index in [0.29, 0.717) is 0 Å². The van der Waals surface area contributed by atoms with E-state index in [0.717, 1.165) is 13.8 Å². The molecule has 0 aliphatic carbocycles. The highest BCUT2D eigenvalue weighted by Gasteiger charge is 2.50. The molecule has 152 valence electrons. The highest BCUT2D eigenvalue weighted by molar-refractivity contribution is 7.87. The monoisotopic (exact) mass is 408 g/mol. The number of carbonyl (C=O) groups excluding carboxylic acids is 2. The van der Waals surface area contributed by atoms with E-state index in [1.54, 1.807) is 6.92 Å². The maximum Gasteiger partial charge on any atom is 0.523 e. The van der Waals surface area contributed by atoms with Crippen LogP contribution in [0.2, 0.25) is 0 Å². The molecule has 1 fully saturated rings. The van der Waals surface area contributed by atoms with E-state index in [4.69, 9.17) is 18.9 Å². The van der Waals surface area contributed by atoms with Gasteiger partial charge in [-0.25, -0.2) is 0 Å². The summed E-state index contributed by atoms with van der Waals surface area (Å²) >= 11 is 0. The zero-order chi connectivity index (χ0) is 20.1. The lowest BCUT2D eigenvalue weighted by molar-refractivity contribution is -0.262. The third-order valence-electron chi connectivity index (χ3n) is 3.13. The molecule has 0 aromatic rings. The van der Waals surface area contributed by atoms with Gasteiger partial charge < -0.3 is 18.9 Å². The number of carbonyl (C=O) groups is 2. The standard InChI is InChI=1S/C13H19F3O9S/c1-4-21-11-5-9(23-7(2)17)12(24-8(3)18)10(25-11)6-22-26(19,20)13(14,15)16/h9-12H,4-6H2,1-3H3/t9-,10-,11+,12+/m1/s1. The first-order valence-corrected chi connectivity index (χ1v) is 8.85. The molecule has 1 aliphatic rings. The summed E-state index contributed by atoms with van der Waals surface area (Å²) < 4.78 is 83.8. The average molecular weight is 408 g/mol. The Morgan fingerprint density at radius 1 is 1.15 bits per heavy atom. The summed E-state index contributed by atoms with van der Waals surface area (Å²) in [6.45, 7) is 2.74. The van der Waals surface area contributed by atoms with Gasteiger partial charge >= 0.3 is 27.6 Å². The molecule has 1 saturated heterocycles. The second-order valence-corrected chi connectivity index (χ2v) is 6.81. The molecule has 0 aromatic heterocycles. The lowest BCUT2D eigenvalue weighted by Crippen LogP contribution is -2.54. The van der Waals surface area contributed by atoms with Crippen LogP contribution in [0.5, 0.6) is 0 Å². The summed E-state index contributed by atoms with van der Waals surface area (Å²) in [7, 11) is -5.89. The Bertz CT molecular complexity index is 604. The van der Waals surface area contributed by atoms with Gasteiger partial charge in [0.25, 0.3) is 0 Å². The first kappa shape index (κ1) is 22.6. The van der Waals surface area contributed by atoms with Crippen molar-refractivity contribution < 1.29 is 54.3 Å². The van der Waals surface area contributed by atoms with Crippen LogP contribution in [0.3, 0.4) is 0 Å². The van der Waals surface area contributed by atoms with Crippen LogP contribution < -0.4 is 0 Å². The third kappa shape index (κ3) is 6.37. The summed E-state index contributed by atoms with van der Waals surface area (Å²) in [5.74, 6) is -1.58. The lowest BCUT2D eigenvalue weighted by atomic mass is 10.0. The van der Waals surface area contributed by atoms with Crippen molar-refractivity contribution in [2.75, 3.05) is 13.2 Å². The molecule has 9 nitrogen and oxygen atoms in total. The highest BCUT2D eigenvalue weighted by Crippen LogP contribution is 2.29. The van der Waals surface area contributed by atoms with Gasteiger partial charge in [-0.2, -0.15) is 21.6 Å². The van der Waals surface area contributed by atoms with Crippen molar-refractivity contribution in [2.45, 2.75) is 57.3 Å². The Hall–Kier alpha value is -1.44. The van der Waals surface area contributed by atoms with E-state index in [9.17, 15) is 31.2 Å². The van der Waals surface area contributed by atoms with Crippen LogP contribution in [0.25, 0.3) is 0 Å². The van der Waals surface area contributed by atoms with Crippen LogP contribution >= 0.6 is 0 Å². The molecule has 0 bridgehead atoms. The Morgan fingerprint density at radius 2 is 1.73 bits per heavy atom. The van der Waals surface area contributed by atoms with E-state index in [2.05, 4.69) is 4.18 Å². The number of hydrogen-bond donors (Lipinski definition) is 0. The lowest BCUT2D eigenvalue weighted by Gasteiger charge is -2.39. The van der Waals surface area contributed by atoms with Gasteiger partial charge in [-0.1, -0.05) is 0 Å². The molecule has 13 heteroatoms.